The van der Waals surface area contributed by atoms with Crippen LogP contribution in [0.1, 0.15) is 6.42 Å². The van der Waals surface area contributed by atoms with E-state index in [1.165, 1.54) is 0 Å². The number of aromatic nitrogens is 2. The van der Waals surface area contributed by atoms with Crippen molar-refractivity contribution in [1.29, 1.82) is 0 Å². The van der Waals surface area contributed by atoms with E-state index in [0.29, 0.717) is 10.0 Å². The minimum atomic E-state index is 0.692. The van der Waals surface area contributed by atoms with Crippen LogP contribution in [0.4, 0.5) is 5.82 Å². The number of benzene rings is 2. The molecule has 1 saturated heterocycles. The third-order valence-corrected chi connectivity index (χ3v) is 5.57. The highest BCUT2D eigenvalue weighted by Crippen LogP contribution is 2.31. The van der Waals surface area contributed by atoms with Crippen LogP contribution in [0.3, 0.4) is 0 Å². The molecule has 4 rings (SSSR count). The first-order chi connectivity index (χ1) is 14.7. The highest BCUT2D eigenvalue weighted by Gasteiger charge is 2.13. The molecule has 2 aromatic carbocycles. The molecule has 5 nitrogen and oxygen atoms in total. The fraction of sp³-hybridized carbons (Fsp3) is 0.304. The molecule has 2 heterocycles. The van der Waals surface area contributed by atoms with Crippen molar-refractivity contribution >= 4 is 29.0 Å². The van der Waals surface area contributed by atoms with E-state index in [9.17, 15) is 0 Å². The summed E-state index contributed by atoms with van der Waals surface area (Å²) in [7, 11) is 0. The van der Waals surface area contributed by atoms with Crippen molar-refractivity contribution in [3.63, 3.8) is 0 Å². The molecule has 1 aliphatic heterocycles. The van der Waals surface area contributed by atoms with Crippen molar-refractivity contribution in [3.8, 4) is 22.5 Å². The van der Waals surface area contributed by atoms with Crippen molar-refractivity contribution < 1.29 is 4.74 Å². The number of nitrogens with one attached hydrogen (secondary N) is 1. The number of hydrogen-bond acceptors (Lipinski definition) is 5. The molecule has 30 heavy (non-hydrogen) atoms. The van der Waals surface area contributed by atoms with Crippen molar-refractivity contribution in [2.24, 2.45) is 0 Å². The van der Waals surface area contributed by atoms with Gasteiger partial charge >= 0.3 is 0 Å². The summed E-state index contributed by atoms with van der Waals surface area (Å²) in [6, 6.07) is 15.3. The van der Waals surface area contributed by atoms with Crippen LogP contribution < -0.4 is 5.32 Å². The van der Waals surface area contributed by atoms with Gasteiger partial charge in [0.1, 0.15) is 5.82 Å². The van der Waals surface area contributed by atoms with Crippen molar-refractivity contribution in [2.75, 3.05) is 44.7 Å². The summed E-state index contributed by atoms with van der Waals surface area (Å²) in [4.78, 5) is 12.0. The lowest BCUT2D eigenvalue weighted by molar-refractivity contribution is 0.0378. The first-order valence-electron chi connectivity index (χ1n) is 10.1. The number of morpholine rings is 1. The molecule has 156 valence electrons. The summed E-state index contributed by atoms with van der Waals surface area (Å²) < 4.78 is 5.40. The first-order valence-corrected chi connectivity index (χ1v) is 10.9. The van der Waals surface area contributed by atoms with Gasteiger partial charge in [-0.15, -0.1) is 0 Å². The second-order valence-electron chi connectivity index (χ2n) is 7.20. The number of nitrogens with zero attached hydrogens (tertiary/aromatic N) is 3. The van der Waals surface area contributed by atoms with Crippen LogP contribution in [0.2, 0.25) is 10.0 Å². The maximum atomic E-state index is 6.08. The minimum Gasteiger partial charge on any atom is -0.379 e. The Balaban J connectivity index is 1.51. The molecule has 0 bridgehead atoms. The Bertz CT molecular complexity index is 958. The van der Waals surface area contributed by atoms with Gasteiger partial charge in [-0.05, 0) is 37.2 Å². The maximum Gasteiger partial charge on any atom is 0.145 e. The van der Waals surface area contributed by atoms with Crippen LogP contribution in [-0.4, -0.2) is 54.3 Å². The summed E-state index contributed by atoms with van der Waals surface area (Å²) in [5.41, 5.74) is 3.56. The molecule has 0 radical (unpaired) electrons. The highest BCUT2D eigenvalue weighted by molar-refractivity contribution is 6.31. The molecule has 1 N–H and O–H groups in total. The van der Waals surface area contributed by atoms with Crippen LogP contribution in [0.25, 0.3) is 22.5 Å². The Morgan fingerprint density at radius 1 is 0.867 bits per heavy atom. The zero-order chi connectivity index (χ0) is 20.8. The van der Waals surface area contributed by atoms with E-state index in [4.69, 9.17) is 37.9 Å². The number of anilines is 1. The van der Waals surface area contributed by atoms with Gasteiger partial charge in [0.05, 0.1) is 30.8 Å². The second-order valence-corrected chi connectivity index (χ2v) is 8.07. The van der Waals surface area contributed by atoms with Gasteiger partial charge in [0.15, 0.2) is 0 Å². The fourth-order valence-corrected chi connectivity index (χ4v) is 3.70. The van der Waals surface area contributed by atoms with E-state index in [2.05, 4.69) is 10.2 Å². The van der Waals surface area contributed by atoms with Crippen LogP contribution in [0, 0.1) is 0 Å². The zero-order valence-corrected chi connectivity index (χ0v) is 18.2. The van der Waals surface area contributed by atoms with E-state index in [1.807, 2.05) is 48.5 Å². The topological polar surface area (TPSA) is 50.3 Å². The normalized spacial score (nSPS) is 14.6. The van der Waals surface area contributed by atoms with Crippen molar-refractivity contribution in [1.82, 2.24) is 14.9 Å². The van der Waals surface area contributed by atoms with Gasteiger partial charge in [0.25, 0.3) is 0 Å². The van der Waals surface area contributed by atoms with Crippen LogP contribution in [0.5, 0.6) is 0 Å². The van der Waals surface area contributed by atoms with Crippen molar-refractivity contribution in [3.05, 3.63) is 64.8 Å². The summed E-state index contributed by atoms with van der Waals surface area (Å²) in [6.07, 6.45) is 2.83. The van der Waals surface area contributed by atoms with Crippen LogP contribution in [-0.2, 0) is 4.74 Å². The largest absolute Gasteiger partial charge is 0.379 e. The molecule has 0 saturated carbocycles. The third kappa shape index (κ3) is 5.49. The SMILES string of the molecule is Clc1ccc(-c2ncc(NCCCN3CCOCC3)nc2-c2ccc(Cl)cc2)cc1. The molecule has 0 amide bonds. The Labute approximate surface area is 187 Å². The Morgan fingerprint density at radius 3 is 2.10 bits per heavy atom. The number of rotatable bonds is 7. The van der Waals surface area contributed by atoms with Gasteiger partial charge < -0.3 is 10.1 Å². The Kier molecular flexibility index (Phi) is 7.18. The monoisotopic (exact) mass is 442 g/mol. The summed E-state index contributed by atoms with van der Waals surface area (Å²) in [5.74, 6) is 0.764. The molecular weight excluding hydrogens is 419 g/mol. The van der Waals surface area contributed by atoms with Gasteiger partial charge in [-0.1, -0.05) is 47.5 Å². The van der Waals surface area contributed by atoms with Gasteiger partial charge in [-0.3, -0.25) is 9.88 Å². The first kappa shape index (κ1) is 21.1. The smallest absolute Gasteiger partial charge is 0.145 e. The van der Waals surface area contributed by atoms with E-state index >= 15 is 0 Å². The average Bonchev–Trinajstić information content (AvgIpc) is 2.79. The zero-order valence-electron chi connectivity index (χ0n) is 16.7. The summed E-state index contributed by atoms with van der Waals surface area (Å²) in [5, 5.41) is 4.80. The molecular formula is C23H24Cl2N4O. The maximum absolute atomic E-state index is 6.08. The number of hydrogen-bond donors (Lipinski definition) is 1. The predicted octanol–water partition coefficient (Wildman–Crippen LogP) is 5.25. The van der Waals surface area contributed by atoms with Gasteiger partial charge in [-0.25, -0.2) is 4.98 Å². The van der Waals surface area contributed by atoms with Crippen LogP contribution >= 0.6 is 23.2 Å². The number of ether oxygens (including phenoxy) is 1. The van der Waals surface area contributed by atoms with Gasteiger partial charge in [-0.2, -0.15) is 0 Å². The predicted molar refractivity (Wildman–Crippen MR) is 123 cm³/mol. The third-order valence-electron chi connectivity index (χ3n) is 5.07. The molecule has 0 aliphatic carbocycles. The lowest BCUT2D eigenvalue weighted by atomic mass is 10.0. The summed E-state index contributed by atoms with van der Waals surface area (Å²) in [6.45, 7) is 5.57. The lowest BCUT2D eigenvalue weighted by Crippen LogP contribution is -2.37. The van der Waals surface area contributed by atoms with Gasteiger partial charge in [0.2, 0.25) is 0 Å². The summed E-state index contributed by atoms with van der Waals surface area (Å²) >= 11 is 12.1. The molecule has 0 atom stereocenters. The van der Waals surface area contributed by atoms with Crippen molar-refractivity contribution in [2.45, 2.75) is 6.42 Å². The standard InChI is InChI=1S/C23H24Cl2N4O/c24-19-6-2-17(3-7-19)22-23(18-4-8-20(25)9-5-18)28-21(16-27-22)26-10-1-11-29-12-14-30-15-13-29/h2-9,16H,1,10-15H2,(H,26,28). The quantitative estimate of drug-likeness (QED) is 0.506. The van der Waals surface area contributed by atoms with E-state index in [0.717, 1.165) is 74.1 Å². The molecule has 1 fully saturated rings. The second kappa shape index (κ2) is 10.2. The van der Waals surface area contributed by atoms with Gasteiger partial charge in [0, 0.05) is 40.8 Å². The Morgan fingerprint density at radius 2 is 1.47 bits per heavy atom. The van der Waals surface area contributed by atoms with E-state index in [-0.39, 0.29) is 0 Å². The fourth-order valence-electron chi connectivity index (χ4n) is 3.45. The van der Waals surface area contributed by atoms with E-state index in [1.54, 1.807) is 6.20 Å². The molecule has 0 spiro atoms. The molecule has 7 heteroatoms. The molecule has 1 aromatic heterocycles. The molecule has 1 aliphatic rings. The highest BCUT2D eigenvalue weighted by atomic mass is 35.5. The average molecular weight is 443 g/mol. The number of halogens is 2. The van der Waals surface area contributed by atoms with Crippen LogP contribution in [0.15, 0.2) is 54.7 Å². The molecule has 3 aromatic rings. The van der Waals surface area contributed by atoms with E-state index < -0.39 is 0 Å². The lowest BCUT2D eigenvalue weighted by Gasteiger charge is -2.26. The Hall–Kier alpha value is -2.18. The minimum absolute atomic E-state index is 0.692. The molecule has 0 unspecified atom stereocenters.